The summed E-state index contributed by atoms with van der Waals surface area (Å²) in [6, 6.07) is 0. The fraction of sp³-hybridized carbons (Fsp3) is 0.600. The average molecular weight is 384 g/mol. The predicted molar refractivity (Wildman–Crippen MR) is 94.5 cm³/mol. The molecule has 2 aromatic heterocycles. The van der Waals surface area contributed by atoms with E-state index in [1.807, 2.05) is 6.92 Å². The standard InChI is InChI=1S/C15H23N5O5P/c1-9(2)24-15(21)11(4)25-26(22)8-23-10(3)5-20-7-19-12-13(16)17-6-18-14(12)20/h6-7,9-11H,5,8H2,1-4H3,(H2,16,17,18)/q+1. The first-order chi connectivity index (χ1) is 12.3. The van der Waals surface area contributed by atoms with Gasteiger partial charge in [0.25, 0.3) is 6.35 Å². The summed E-state index contributed by atoms with van der Waals surface area (Å²) in [4.78, 5) is 23.9. The number of nitrogens with zero attached hydrogens (tertiary/aromatic N) is 4. The molecule has 0 spiro atoms. The van der Waals surface area contributed by atoms with Gasteiger partial charge in [-0.3, -0.25) is 0 Å². The molecule has 2 aromatic rings. The van der Waals surface area contributed by atoms with Crippen LogP contribution in [-0.2, 0) is 29.9 Å². The van der Waals surface area contributed by atoms with Crippen molar-refractivity contribution in [2.75, 3.05) is 12.1 Å². The van der Waals surface area contributed by atoms with Crippen molar-refractivity contribution >= 4 is 31.0 Å². The van der Waals surface area contributed by atoms with Crippen molar-refractivity contribution in [3.8, 4) is 0 Å². The lowest BCUT2D eigenvalue weighted by atomic mass is 10.4. The summed E-state index contributed by atoms with van der Waals surface area (Å²) in [5.41, 5.74) is 6.86. The van der Waals surface area contributed by atoms with Gasteiger partial charge in [0.15, 0.2) is 11.5 Å². The van der Waals surface area contributed by atoms with Gasteiger partial charge in [-0.05, 0) is 32.3 Å². The Morgan fingerprint density at radius 1 is 1.27 bits per heavy atom. The molecule has 2 heterocycles. The van der Waals surface area contributed by atoms with Gasteiger partial charge in [-0.15, -0.1) is 4.52 Å². The van der Waals surface area contributed by atoms with E-state index in [2.05, 4.69) is 15.0 Å². The number of ether oxygens (including phenoxy) is 2. The molecule has 11 heteroatoms. The van der Waals surface area contributed by atoms with Crippen LogP contribution in [0.25, 0.3) is 11.2 Å². The zero-order chi connectivity index (χ0) is 19.3. The second-order valence-electron chi connectivity index (χ2n) is 6.00. The van der Waals surface area contributed by atoms with Gasteiger partial charge in [0.05, 0.1) is 25.1 Å². The van der Waals surface area contributed by atoms with Crippen LogP contribution in [-0.4, -0.2) is 50.1 Å². The lowest BCUT2D eigenvalue weighted by molar-refractivity contribution is -0.154. The van der Waals surface area contributed by atoms with Crippen LogP contribution in [0.5, 0.6) is 0 Å². The maximum Gasteiger partial charge on any atom is 0.537 e. The van der Waals surface area contributed by atoms with E-state index < -0.39 is 20.1 Å². The molecular weight excluding hydrogens is 361 g/mol. The first-order valence-corrected chi connectivity index (χ1v) is 9.49. The van der Waals surface area contributed by atoms with Gasteiger partial charge in [0.2, 0.25) is 6.10 Å². The Kier molecular flexibility index (Phi) is 6.96. The third-order valence-corrected chi connectivity index (χ3v) is 4.22. The Bertz CT molecular complexity index is 781. The number of nitrogens with two attached hydrogens (primary N) is 1. The van der Waals surface area contributed by atoms with Crippen LogP contribution < -0.4 is 5.73 Å². The van der Waals surface area contributed by atoms with Crippen LogP contribution in [0.1, 0.15) is 27.7 Å². The molecule has 0 aromatic carbocycles. The van der Waals surface area contributed by atoms with Crippen molar-refractivity contribution in [2.24, 2.45) is 0 Å². The van der Waals surface area contributed by atoms with E-state index >= 15 is 0 Å². The first-order valence-electron chi connectivity index (χ1n) is 8.12. The summed E-state index contributed by atoms with van der Waals surface area (Å²) in [7, 11) is -2.16. The molecule has 0 aliphatic rings. The second kappa shape index (κ2) is 8.98. The van der Waals surface area contributed by atoms with E-state index in [4.69, 9.17) is 19.7 Å². The number of carbonyl (C=O) groups excluding carboxylic acids is 1. The molecule has 0 bridgehead atoms. The van der Waals surface area contributed by atoms with Gasteiger partial charge >= 0.3 is 14.0 Å². The highest BCUT2D eigenvalue weighted by Crippen LogP contribution is 2.26. The Balaban J connectivity index is 1.82. The number of hydrogen-bond acceptors (Lipinski definition) is 9. The minimum atomic E-state index is -2.16. The van der Waals surface area contributed by atoms with Gasteiger partial charge in [0, 0.05) is 0 Å². The van der Waals surface area contributed by atoms with Crippen molar-refractivity contribution < 1.29 is 23.4 Å². The van der Waals surface area contributed by atoms with Crippen molar-refractivity contribution in [1.82, 2.24) is 19.5 Å². The molecule has 0 saturated carbocycles. The molecule has 0 aliphatic heterocycles. The van der Waals surface area contributed by atoms with Gasteiger partial charge in [-0.1, -0.05) is 0 Å². The summed E-state index contributed by atoms with van der Waals surface area (Å²) in [5.74, 6) is -0.250. The van der Waals surface area contributed by atoms with Crippen LogP contribution in [0.3, 0.4) is 0 Å². The number of esters is 1. The predicted octanol–water partition coefficient (Wildman–Crippen LogP) is 1.87. The molecule has 26 heavy (non-hydrogen) atoms. The Morgan fingerprint density at radius 3 is 2.69 bits per heavy atom. The fourth-order valence-electron chi connectivity index (χ4n) is 2.13. The smallest absolute Gasteiger partial charge is 0.461 e. The van der Waals surface area contributed by atoms with Gasteiger partial charge < -0.3 is 19.8 Å². The lowest BCUT2D eigenvalue weighted by Gasteiger charge is -2.11. The summed E-state index contributed by atoms with van der Waals surface area (Å²) < 4.78 is 29.4. The maximum absolute atomic E-state index is 11.9. The Labute approximate surface area is 151 Å². The van der Waals surface area contributed by atoms with Crippen molar-refractivity contribution in [3.63, 3.8) is 0 Å². The van der Waals surface area contributed by atoms with Crippen LogP contribution in [0, 0.1) is 0 Å². The zero-order valence-electron chi connectivity index (χ0n) is 15.2. The SMILES string of the molecule is CC(C)OC(=O)C(C)O[P+](=O)COC(C)Cn1cnc2c(N)ncnc21. The quantitative estimate of drug-likeness (QED) is 0.508. The highest BCUT2D eigenvalue weighted by atomic mass is 31.1. The zero-order valence-corrected chi connectivity index (χ0v) is 16.1. The summed E-state index contributed by atoms with van der Waals surface area (Å²) in [5, 5.41) is 0. The van der Waals surface area contributed by atoms with Crippen molar-refractivity contribution in [3.05, 3.63) is 12.7 Å². The number of anilines is 1. The first kappa shape index (κ1) is 20.2. The highest BCUT2D eigenvalue weighted by molar-refractivity contribution is 7.38. The van der Waals surface area contributed by atoms with E-state index in [-0.39, 0.29) is 18.6 Å². The summed E-state index contributed by atoms with van der Waals surface area (Å²) >= 11 is 0. The van der Waals surface area contributed by atoms with Gasteiger partial charge in [-0.2, -0.15) is 0 Å². The topological polar surface area (TPSA) is 131 Å². The Morgan fingerprint density at radius 2 is 2.00 bits per heavy atom. The van der Waals surface area contributed by atoms with Crippen LogP contribution >= 0.6 is 8.03 Å². The van der Waals surface area contributed by atoms with E-state index in [1.54, 1.807) is 24.7 Å². The molecule has 142 valence electrons. The minimum absolute atomic E-state index is 0.139. The lowest BCUT2D eigenvalue weighted by Crippen LogP contribution is -2.24. The van der Waals surface area contributed by atoms with Crippen LogP contribution in [0.15, 0.2) is 12.7 Å². The molecule has 3 atom stereocenters. The van der Waals surface area contributed by atoms with Gasteiger partial charge in [0.1, 0.15) is 11.8 Å². The van der Waals surface area contributed by atoms with Gasteiger partial charge in [-0.25, -0.2) is 19.7 Å². The Hall–Kier alpha value is -2.16. The molecule has 0 fully saturated rings. The number of hydrogen-bond donors (Lipinski definition) is 1. The molecule has 0 aliphatic carbocycles. The van der Waals surface area contributed by atoms with Crippen LogP contribution in [0.4, 0.5) is 5.82 Å². The molecule has 0 radical (unpaired) electrons. The number of carbonyl (C=O) groups is 1. The highest BCUT2D eigenvalue weighted by Gasteiger charge is 2.29. The maximum atomic E-state index is 11.9. The number of imidazole rings is 1. The summed E-state index contributed by atoms with van der Waals surface area (Å²) in [6.45, 7) is 7.20. The molecule has 2 rings (SSSR count). The largest absolute Gasteiger partial charge is 0.537 e. The molecule has 0 amide bonds. The monoisotopic (exact) mass is 384 g/mol. The number of aromatic nitrogens is 4. The molecule has 0 saturated heterocycles. The minimum Gasteiger partial charge on any atom is -0.461 e. The fourth-order valence-corrected chi connectivity index (χ4v) is 3.00. The third kappa shape index (κ3) is 5.42. The van der Waals surface area contributed by atoms with E-state index in [9.17, 15) is 9.36 Å². The number of nitrogen functional groups attached to an aromatic ring is 1. The van der Waals surface area contributed by atoms with E-state index in [1.165, 1.54) is 13.3 Å². The number of rotatable bonds is 9. The van der Waals surface area contributed by atoms with Crippen LogP contribution in [0.2, 0.25) is 0 Å². The average Bonchev–Trinajstić information content (AvgIpc) is 2.96. The molecule has 3 unspecified atom stereocenters. The molecule has 10 nitrogen and oxygen atoms in total. The van der Waals surface area contributed by atoms with E-state index in [0.29, 0.717) is 23.5 Å². The third-order valence-electron chi connectivity index (χ3n) is 3.31. The summed E-state index contributed by atoms with van der Waals surface area (Å²) in [6.07, 6.45) is 1.35. The van der Waals surface area contributed by atoms with E-state index in [0.717, 1.165) is 0 Å². The normalized spacial score (nSPS) is 14.4. The molecule has 2 N–H and O–H groups in total. The van der Waals surface area contributed by atoms with Crippen molar-refractivity contribution in [1.29, 1.82) is 0 Å². The second-order valence-corrected chi connectivity index (χ2v) is 7.13. The van der Waals surface area contributed by atoms with Crippen molar-refractivity contribution in [2.45, 2.75) is 52.6 Å². The molecular formula is C15H23N5O5P+. The number of fused-ring (bicyclic) bond motifs is 1.